The predicted octanol–water partition coefficient (Wildman–Crippen LogP) is 4.54. The molecule has 0 radical (unpaired) electrons. The summed E-state index contributed by atoms with van der Waals surface area (Å²) in [7, 11) is 1.84. The van der Waals surface area contributed by atoms with Gasteiger partial charge in [0.05, 0.1) is 0 Å². The predicted molar refractivity (Wildman–Crippen MR) is 80.7 cm³/mol. The smallest absolute Gasteiger partial charge is 0.129 e. The summed E-state index contributed by atoms with van der Waals surface area (Å²) in [6.45, 7) is 2.01. The Kier molecular flexibility index (Phi) is 4.89. The van der Waals surface area contributed by atoms with Crippen molar-refractivity contribution in [3.63, 3.8) is 0 Å². The molecule has 0 fully saturated rings. The zero-order valence-corrected chi connectivity index (χ0v) is 13.0. The molecule has 20 heavy (non-hydrogen) atoms. The van der Waals surface area contributed by atoms with Crippen LogP contribution in [0.3, 0.4) is 0 Å². The number of hydrogen-bond acceptors (Lipinski definition) is 1. The number of aryl methyl sites for hydroxylation is 1. The van der Waals surface area contributed by atoms with Crippen molar-refractivity contribution in [3.05, 3.63) is 69.2 Å². The van der Waals surface area contributed by atoms with Crippen LogP contribution < -0.4 is 5.32 Å². The van der Waals surface area contributed by atoms with E-state index in [9.17, 15) is 8.78 Å². The molecular weight excluding hydrogens is 324 g/mol. The van der Waals surface area contributed by atoms with Crippen LogP contribution in [0.15, 0.2) is 40.9 Å². The molecule has 106 valence electrons. The summed E-state index contributed by atoms with van der Waals surface area (Å²) in [5.74, 6) is -1.05. The Morgan fingerprint density at radius 3 is 2.50 bits per heavy atom. The van der Waals surface area contributed by atoms with E-state index in [1.807, 2.05) is 26.1 Å². The van der Waals surface area contributed by atoms with Crippen molar-refractivity contribution < 1.29 is 8.78 Å². The number of rotatable bonds is 4. The molecule has 2 aromatic rings. The molecule has 0 aliphatic heterocycles. The van der Waals surface area contributed by atoms with Crippen LogP contribution in [0.2, 0.25) is 0 Å². The van der Waals surface area contributed by atoms with Gasteiger partial charge in [0.2, 0.25) is 0 Å². The highest BCUT2D eigenvalue weighted by Gasteiger charge is 2.14. The lowest BCUT2D eigenvalue weighted by molar-refractivity contribution is 0.540. The van der Waals surface area contributed by atoms with Crippen LogP contribution >= 0.6 is 15.9 Å². The van der Waals surface area contributed by atoms with Crippen molar-refractivity contribution in [3.8, 4) is 0 Å². The van der Waals surface area contributed by atoms with Gasteiger partial charge in [0.15, 0.2) is 0 Å². The van der Waals surface area contributed by atoms with E-state index < -0.39 is 11.6 Å². The Bertz CT molecular complexity index is 613. The first kappa shape index (κ1) is 15.1. The van der Waals surface area contributed by atoms with Crippen LogP contribution in [0.1, 0.15) is 22.7 Å². The van der Waals surface area contributed by atoms with E-state index in [0.29, 0.717) is 12.0 Å². The van der Waals surface area contributed by atoms with Gasteiger partial charge in [-0.2, -0.15) is 0 Å². The van der Waals surface area contributed by atoms with E-state index in [2.05, 4.69) is 27.3 Å². The van der Waals surface area contributed by atoms with Gasteiger partial charge in [-0.25, -0.2) is 8.78 Å². The Labute approximate surface area is 126 Å². The summed E-state index contributed by atoms with van der Waals surface area (Å²) in [5, 5.41) is 3.18. The largest absolute Gasteiger partial charge is 0.313 e. The SMILES string of the molecule is CNC(Cc1ccc(F)cc1F)c1ccc(Br)c(C)c1. The van der Waals surface area contributed by atoms with Gasteiger partial charge in [0.1, 0.15) is 11.6 Å². The van der Waals surface area contributed by atoms with E-state index in [0.717, 1.165) is 21.7 Å². The van der Waals surface area contributed by atoms with Crippen molar-refractivity contribution in [1.82, 2.24) is 5.32 Å². The maximum atomic E-state index is 13.7. The molecular formula is C16H16BrF2N. The highest BCUT2D eigenvalue weighted by molar-refractivity contribution is 9.10. The molecule has 1 unspecified atom stereocenters. The quantitative estimate of drug-likeness (QED) is 0.862. The molecule has 0 bridgehead atoms. The van der Waals surface area contributed by atoms with Gasteiger partial charge >= 0.3 is 0 Å². The van der Waals surface area contributed by atoms with Crippen LogP contribution in [-0.2, 0) is 6.42 Å². The lowest BCUT2D eigenvalue weighted by Crippen LogP contribution is -2.19. The first-order valence-electron chi connectivity index (χ1n) is 6.38. The van der Waals surface area contributed by atoms with Crippen LogP contribution in [0.25, 0.3) is 0 Å². The average Bonchev–Trinajstić information content (AvgIpc) is 2.41. The van der Waals surface area contributed by atoms with E-state index in [1.54, 1.807) is 0 Å². The number of halogens is 3. The van der Waals surface area contributed by atoms with Crippen LogP contribution in [0.4, 0.5) is 8.78 Å². The van der Waals surface area contributed by atoms with Crippen molar-refractivity contribution in [2.24, 2.45) is 0 Å². The van der Waals surface area contributed by atoms with Crippen LogP contribution in [-0.4, -0.2) is 7.05 Å². The maximum Gasteiger partial charge on any atom is 0.129 e. The summed E-state index contributed by atoms with van der Waals surface area (Å²) >= 11 is 3.46. The molecule has 0 saturated heterocycles. The molecule has 1 nitrogen and oxygen atoms in total. The molecule has 1 N–H and O–H groups in total. The minimum atomic E-state index is -0.549. The lowest BCUT2D eigenvalue weighted by Gasteiger charge is -2.18. The normalized spacial score (nSPS) is 12.4. The van der Waals surface area contributed by atoms with Crippen molar-refractivity contribution >= 4 is 15.9 Å². The molecule has 0 aromatic heterocycles. The Morgan fingerprint density at radius 1 is 1.15 bits per heavy atom. The highest BCUT2D eigenvalue weighted by Crippen LogP contribution is 2.24. The number of nitrogens with one attached hydrogen (secondary N) is 1. The Hall–Kier alpha value is -1.26. The molecule has 4 heteroatoms. The van der Waals surface area contributed by atoms with Crippen molar-refractivity contribution in [1.29, 1.82) is 0 Å². The van der Waals surface area contributed by atoms with Gasteiger partial charge in [-0.1, -0.05) is 34.1 Å². The maximum absolute atomic E-state index is 13.7. The second-order valence-corrected chi connectivity index (χ2v) is 5.64. The summed E-state index contributed by atoms with van der Waals surface area (Å²) in [5.41, 5.74) is 2.71. The molecule has 0 saturated carbocycles. The first-order chi connectivity index (χ1) is 9.51. The van der Waals surface area contributed by atoms with E-state index in [4.69, 9.17) is 0 Å². The van der Waals surface area contributed by atoms with E-state index in [1.165, 1.54) is 12.1 Å². The standard InChI is InChI=1S/C16H16BrF2N/c1-10-7-12(4-6-14(10)17)16(20-2)8-11-3-5-13(18)9-15(11)19/h3-7,9,16,20H,8H2,1-2H3. The van der Waals surface area contributed by atoms with Gasteiger partial charge in [-0.05, 0) is 49.2 Å². The topological polar surface area (TPSA) is 12.0 Å². The molecule has 1 atom stereocenters. The van der Waals surface area contributed by atoms with Crippen LogP contribution in [0.5, 0.6) is 0 Å². The second-order valence-electron chi connectivity index (χ2n) is 4.79. The zero-order valence-electron chi connectivity index (χ0n) is 11.4. The first-order valence-corrected chi connectivity index (χ1v) is 7.18. The molecule has 0 amide bonds. The fourth-order valence-electron chi connectivity index (χ4n) is 2.18. The minimum Gasteiger partial charge on any atom is -0.313 e. The van der Waals surface area contributed by atoms with Gasteiger partial charge in [0, 0.05) is 16.6 Å². The zero-order chi connectivity index (χ0) is 14.7. The third kappa shape index (κ3) is 3.44. The Morgan fingerprint density at radius 2 is 1.90 bits per heavy atom. The molecule has 2 rings (SSSR count). The number of benzene rings is 2. The van der Waals surface area contributed by atoms with Crippen molar-refractivity contribution in [2.45, 2.75) is 19.4 Å². The number of hydrogen-bond donors (Lipinski definition) is 1. The molecule has 2 aromatic carbocycles. The van der Waals surface area contributed by atoms with Gasteiger partial charge < -0.3 is 5.32 Å². The fourth-order valence-corrected chi connectivity index (χ4v) is 2.42. The lowest BCUT2D eigenvalue weighted by atomic mass is 9.97. The third-order valence-electron chi connectivity index (χ3n) is 3.37. The summed E-state index contributed by atoms with van der Waals surface area (Å²) in [6.07, 6.45) is 0.476. The highest BCUT2D eigenvalue weighted by atomic mass is 79.9. The third-order valence-corrected chi connectivity index (χ3v) is 4.26. The molecule has 0 aliphatic rings. The summed E-state index contributed by atoms with van der Waals surface area (Å²) in [4.78, 5) is 0. The summed E-state index contributed by atoms with van der Waals surface area (Å²) < 4.78 is 27.7. The number of likely N-dealkylation sites (N-methyl/N-ethyl adjacent to an activating group) is 1. The van der Waals surface area contributed by atoms with Crippen molar-refractivity contribution in [2.75, 3.05) is 7.05 Å². The average molecular weight is 340 g/mol. The molecule has 0 heterocycles. The minimum absolute atomic E-state index is 0.0123. The fraction of sp³-hybridized carbons (Fsp3) is 0.250. The second kappa shape index (κ2) is 6.46. The van der Waals surface area contributed by atoms with Gasteiger partial charge in [-0.3, -0.25) is 0 Å². The monoisotopic (exact) mass is 339 g/mol. The Balaban J connectivity index is 2.26. The summed E-state index contributed by atoms with van der Waals surface area (Å²) in [6, 6.07) is 9.75. The van der Waals surface area contributed by atoms with Gasteiger partial charge in [-0.15, -0.1) is 0 Å². The van der Waals surface area contributed by atoms with E-state index >= 15 is 0 Å². The van der Waals surface area contributed by atoms with Crippen LogP contribution in [0, 0.1) is 18.6 Å². The molecule has 0 aliphatic carbocycles. The van der Waals surface area contributed by atoms with Gasteiger partial charge in [0.25, 0.3) is 0 Å². The van der Waals surface area contributed by atoms with E-state index in [-0.39, 0.29) is 6.04 Å². The molecule has 0 spiro atoms.